The number of hydrogen-bond donors (Lipinski definition) is 1. The van der Waals surface area contributed by atoms with Gasteiger partial charge in [0.1, 0.15) is 6.61 Å². The van der Waals surface area contributed by atoms with E-state index in [1.54, 1.807) is 0 Å². The molecule has 1 unspecified atom stereocenters. The zero-order valence-corrected chi connectivity index (χ0v) is 20.0. The van der Waals surface area contributed by atoms with Crippen LogP contribution in [0.25, 0.3) is 0 Å². The lowest BCUT2D eigenvalue weighted by Crippen LogP contribution is -2.44. The SMILES string of the molecule is CC=C[C@@H]1[C@@H](CO[Si](C)(C)C(C)(C)C)[C@H](OC2CCCCO2)C[C@@H]1OCC(=O)O. The summed E-state index contributed by atoms with van der Waals surface area (Å²) in [4.78, 5) is 11.1. The third-order valence-electron chi connectivity index (χ3n) is 6.61. The Morgan fingerprint density at radius 1 is 1.24 bits per heavy atom. The monoisotopic (exact) mass is 428 g/mol. The highest BCUT2D eigenvalue weighted by atomic mass is 28.4. The highest BCUT2D eigenvalue weighted by Crippen LogP contribution is 2.42. The lowest BCUT2D eigenvalue weighted by Gasteiger charge is -2.38. The van der Waals surface area contributed by atoms with Crippen LogP contribution in [0.15, 0.2) is 12.2 Å². The molecule has 2 aliphatic rings. The molecule has 0 spiro atoms. The Morgan fingerprint density at radius 2 is 1.97 bits per heavy atom. The smallest absolute Gasteiger partial charge is 0.329 e. The number of rotatable bonds is 9. The Balaban J connectivity index is 2.16. The van der Waals surface area contributed by atoms with Gasteiger partial charge in [-0.3, -0.25) is 0 Å². The van der Waals surface area contributed by atoms with Crippen molar-refractivity contribution in [3.05, 3.63) is 12.2 Å². The van der Waals surface area contributed by atoms with Crippen molar-refractivity contribution in [1.82, 2.24) is 0 Å². The van der Waals surface area contributed by atoms with Crippen molar-refractivity contribution in [2.45, 2.75) is 90.0 Å². The van der Waals surface area contributed by atoms with Gasteiger partial charge in [0, 0.05) is 31.5 Å². The second kappa shape index (κ2) is 10.5. The topological polar surface area (TPSA) is 74.2 Å². The van der Waals surface area contributed by atoms with Crippen LogP contribution in [0.3, 0.4) is 0 Å². The van der Waals surface area contributed by atoms with E-state index in [1.807, 2.05) is 13.0 Å². The molecule has 2 rings (SSSR count). The van der Waals surface area contributed by atoms with Gasteiger partial charge in [-0.2, -0.15) is 0 Å². The maximum atomic E-state index is 11.1. The van der Waals surface area contributed by atoms with E-state index in [1.165, 1.54) is 0 Å². The lowest BCUT2D eigenvalue weighted by molar-refractivity contribution is -0.197. The van der Waals surface area contributed by atoms with Gasteiger partial charge in [0.05, 0.1) is 12.2 Å². The second-order valence-electron chi connectivity index (χ2n) is 9.79. The molecule has 0 amide bonds. The van der Waals surface area contributed by atoms with Crippen molar-refractivity contribution in [3.8, 4) is 0 Å². The molecule has 0 bridgehead atoms. The largest absolute Gasteiger partial charge is 0.480 e. The molecule has 1 aliphatic heterocycles. The third kappa shape index (κ3) is 6.89. The molecule has 6 nitrogen and oxygen atoms in total. The number of carbonyl (C=O) groups is 1. The molecular formula is C22H40O6Si. The van der Waals surface area contributed by atoms with E-state index in [4.69, 9.17) is 23.7 Å². The Labute approximate surface area is 177 Å². The zero-order valence-electron chi connectivity index (χ0n) is 19.0. The standard InChI is InChI=1S/C22H40O6Si/c1-7-10-16-17(14-27-29(5,6)22(2,3)4)19(13-18(16)26-15-20(23)24)28-21-11-8-9-12-25-21/h7,10,16-19,21H,8-9,11-15H2,1-6H3,(H,23,24)/t16-,17-,18+,19-,21?/m1/s1. The van der Waals surface area contributed by atoms with Crippen LogP contribution in [0.5, 0.6) is 0 Å². The number of carboxylic acids is 1. The van der Waals surface area contributed by atoms with E-state index in [-0.39, 0.29) is 42.0 Å². The van der Waals surface area contributed by atoms with Gasteiger partial charge in [-0.25, -0.2) is 4.79 Å². The molecule has 1 heterocycles. The first kappa shape index (κ1) is 24.5. The minimum Gasteiger partial charge on any atom is -0.480 e. The summed E-state index contributed by atoms with van der Waals surface area (Å²) in [5.74, 6) is -0.763. The van der Waals surface area contributed by atoms with Crippen molar-refractivity contribution in [3.63, 3.8) is 0 Å². The van der Waals surface area contributed by atoms with E-state index in [2.05, 4.69) is 39.9 Å². The molecule has 0 aromatic heterocycles. The molecule has 0 aromatic rings. The summed E-state index contributed by atoms with van der Waals surface area (Å²) >= 11 is 0. The maximum absolute atomic E-state index is 11.1. The number of hydrogen-bond acceptors (Lipinski definition) is 5. The molecular weight excluding hydrogens is 388 g/mol. The van der Waals surface area contributed by atoms with Crippen LogP contribution in [0.1, 0.15) is 53.4 Å². The van der Waals surface area contributed by atoms with E-state index >= 15 is 0 Å². The Kier molecular flexibility index (Phi) is 8.91. The Hall–Kier alpha value is -0.733. The third-order valence-corrected chi connectivity index (χ3v) is 11.1. The van der Waals surface area contributed by atoms with Crippen molar-refractivity contribution in [2.75, 3.05) is 19.8 Å². The van der Waals surface area contributed by atoms with Crippen LogP contribution in [0.4, 0.5) is 0 Å². The van der Waals surface area contributed by atoms with Gasteiger partial charge in [-0.15, -0.1) is 0 Å². The first-order valence-corrected chi connectivity index (χ1v) is 13.8. The van der Waals surface area contributed by atoms with Gasteiger partial charge in [-0.1, -0.05) is 32.9 Å². The van der Waals surface area contributed by atoms with Crippen LogP contribution in [0.2, 0.25) is 18.1 Å². The van der Waals surface area contributed by atoms with Crippen molar-refractivity contribution >= 4 is 14.3 Å². The van der Waals surface area contributed by atoms with Gasteiger partial charge in [0.15, 0.2) is 14.6 Å². The molecule has 0 aromatic carbocycles. The Bertz CT molecular complexity index is 550. The van der Waals surface area contributed by atoms with Crippen LogP contribution < -0.4 is 0 Å². The van der Waals surface area contributed by atoms with Crippen LogP contribution in [-0.4, -0.2) is 57.7 Å². The van der Waals surface area contributed by atoms with Crippen molar-refractivity contribution in [2.24, 2.45) is 11.8 Å². The van der Waals surface area contributed by atoms with E-state index in [9.17, 15) is 4.79 Å². The van der Waals surface area contributed by atoms with E-state index < -0.39 is 14.3 Å². The minimum atomic E-state index is -1.91. The minimum absolute atomic E-state index is 0.0668. The fourth-order valence-electron chi connectivity index (χ4n) is 3.84. The molecule has 29 heavy (non-hydrogen) atoms. The van der Waals surface area contributed by atoms with Gasteiger partial charge in [0.2, 0.25) is 0 Å². The van der Waals surface area contributed by atoms with Gasteiger partial charge >= 0.3 is 5.97 Å². The summed E-state index contributed by atoms with van der Waals surface area (Å²) in [5, 5.41) is 9.20. The highest BCUT2D eigenvalue weighted by molar-refractivity contribution is 6.74. The quantitative estimate of drug-likeness (QED) is 0.427. The molecule has 2 fully saturated rings. The summed E-state index contributed by atoms with van der Waals surface area (Å²) in [6, 6.07) is 0. The molecule has 1 saturated heterocycles. The van der Waals surface area contributed by atoms with Gasteiger partial charge < -0.3 is 23.7 Å². The maximum Gasteiger partial charge on any atom is 0.329 e. The average Bonchev–Trinajstić information content (AvgIpc) is 2.95. The number of aliphatic carboxylic acids is 1. The normalized spacial score (nSPS) is 31.4. The summed E-state index contributed by atoms with van der Waals surface area (Å²) < 4.78 is 24.5. The molecule has 168 valence electrons. The van der Waals surface area contributed by atoms with Crippen molar-refractivity contribution in [1.29, 1.82) is 0 Å². The predicted molar refractivity (Wildman–Crippen MR) is 115 cm³/mol. The van der Waals surface area contributed by atoms with E-state index in [0.29, 0.717) is 13.0 Å². The molecule has 1 saturated carbocycles. The molecule has 1 N–H and O–H groups in total. The van der Waals surface area contributed by atoms with Crippen LogP contribution in [0, 0.1) is 11.8 Å². The van der Waals surface area contributed by atoms with Gasteiger partial charge in [0.25, 0.3) is 0 Å². The molecule has 0 radical (unpaired) electrons. The summed E-state index contributed by atoms with van der Waals surface area (Å²) in [6.45, 7) is 14.2. The Morgan fingerprint density at radius 3 is 2.52 bits per heavy atom. The first-order valence-electron chi connectivity index (χ1n) is 10.9. The number of carboxylic acid groups (broad SMARTS) is 1. The summed E-state index contributed by atoms with van der Waals surface area (Å²) in [6.07, 6.45) is 7.45. The molecule has 1 aliphatic carbocycles. The predicted octanol–water partition coefficient (Wildman–Crippen LogP) is 4.60. The van der Waals surface area contributed by atoms with Crippen LogP contribution >= 0.6 is 0 Å². The highest BCUT2D eigenvalue weighted by Gasteiger charge is 2.46. The fraction of sp³-hybridized carbons (Fsp3) is 0.864. The first-order chi connectivity index (χ1) is 13.5. The molecule has 7 heteroatoms. The fourth-order valence-corrected chi connectivity index (χ4v) is 4.88. The van der Waals surface area contributed by atoms with Gasteiger partial charge in [-0.05, 0) is 44.3 Å². The summed E-state index contributed by atoms with van der Waals surface area (Å²) in [7, 11) is -1.91. The molecule has 5 atom stereocenters. The van der Waals surface area contributed by atoms with E-state index in [0.717, 1.165) is 25.9 Å². The summed E-state index contributed by atoms with van der Waals surface area (Å²) in [5.41, 5.74) is 0. The van der Waals surface area contributed by atoms with Crippen molar-refractivity contribution < 1.29 is 28.5 Å². The lowest BCUT2D eigenvalue weighted by atomic mass is 9.94. The zero-order chi connectivity index (χ0) is 21.7. The average molecular weight is 429 g/mol. The number of ether oxygens (including phenoxy) is 3. The van der Waals surface area contributed by atoms with Crippen LogP contribution in [-0.2, 0) is 23.4 Å². The number of allylic oxidation sites excluding steroid dienone is 1. The second-order valence-corrected chi connectivity index (χ2v) is 14.6.